The van der Waals surface area contributed by atoms with Gasteiger partial charge in [-0.1, -0.05) is 5.16 Å². The Bertz CT molecular complexity index is 815. The Morgan fingerprint density at radius 3 is 2.80 bits per heavy atom. The number of halogens is 2. The van der Waals surface area contributed by atoms with Crippen LogP contribution in [0.3, 0.4) is 0 Å². The number of oxime groups is 1. The van der Waals surface area contributed by atoms with Crippen LogP contribution in [0.2, 0.25) is 0 Å². The molecule has 1 aliphatic heterocycles. The summed E-state index contributed by atoms with van der Waals surface area (Å²) in [4.78, 5) is 0. The van der Waals surface area contributed by atoms with Crippen LogP contribution < -0.4 is 10.6 Å². The van der Waals surface area contributed by atoms with Crippen LogP contribution in [-0.2, 0) is 4.74 Å². The van der Waals surface area contributed by atoms with E-state index in [-0.39, 0.29) is 22.0 Å². The Morgan fingerprint density at radius 2 is 2.16 bits per heavy atom. The molecule has 1 spiro atoms. The van der Waals surface area contributed by atoms with E-state index in [9.17, 15) is 9.60 Å². The zero-order chi connectivity index (χ0) is 17.4. The quantitative estimate of drug-likeness (QED) is 0.307. The minimum atomic E-state index is -0.391. The third-order valence-electron chi connectivity index (χ3n) is 4.51. The largest absolute Gasteiger partial charge is 0.409 e. The lowest BCUT2D eigenvalue weighted by molar-refractivity contribution is -0.159. The molecule has 0 atom stereocenters. The first-order valence-corrected chi connectivity index (χ1v) is 8.49. The molecule has 1 saturated carbocycles. The second kappa shape index (κ2) is 6.26. The van der Waals surface area contributed by atoms with Crippen LogP contribution >= 0.6 is 15.9 Å². The number of nitrogens with zero attached hydrogens (tertiary/aromatic N) is 3. The molecule has 10 heteroatoms. The van der Waals surface area contributed by atoms with Crippen molar-refractivity contribution in [1.29, 1.82) is 0 Å². The molecule has 0 unspecified atom stereocenters. The van der Waals surface area contributed by atoms with Crippen molar-refractivity contribution < 1.29 is 19.0 Å². The van der Waals surface area contributed by atoms with Crippen molar-refractivity contribution in [2.75, 3.05) is 23.8 Å². The average Bonchev–Trinajstić information content (AvgIpc) is 2.97. The average molecular weight is 412 g/mol. The monoisotopic (exact) mass is 411 g/mol. The van der Waals surface area contributed by atoms with Gasteiger partial charge in [0.15, 0.2) is 5.69 Å². The van der Waals surface area contributed by atoms with Gasteiger partial charge in [0.25, 0.3) is 0 Å². The van der Waals surface area contributed by atoms with Crippen LogP contribution in [0.5, 0.6) is 0 Å². The van der Waals surface area contributed by atoms with Gasteiger partial charge in [-0.15, -0.1) is 0 Å². The summed E-state index contributed by atoms with van der Waals surface area (Å²) in [6.07, 6.45) is 1.98. The molecular weight excluding hydrogens is 397 g/mol. The fourth-order valence-electron chi connectivity index (χ4n) is 3.19. The normalized spacial score (nSPS) is 19.4. The molecule has 1 saturated heterocycles. The molecule has 2 heterocycles. The molecule has 0 bridgehead atoms. The van der Waals surface area contributed by atoms with Gasteiger partial charge in [0.1, 0.15) is 5.82 Å². The first-order valence-electron chi connectivity index (χ1n) is 7.70. The SMILES string of the molecule is O/N=C(\Nc1ccc(F)c(Br)c1)c1nonc1NC1CC2(COC2)C1. The first-order chi connectivity index (χ1) is 12.1. The van der Waals surface area contributed by atoms with E-state index in [0.717, 1.165) is 26.1 Å². The van der Waals surface area contributed by atoms with Crippen LogP contribution in [0.15, 0.2) is 32.5 Å². The minimum absolute atomic E-state index is 0.0447. The van der Waals surface area contributed by atoms with Gasteiger partial charge in [-0.3, -0.25) is 0 Å². The molecule has 8 nitrogen and oxygen atoms in total. The summed E-state index contributed by atoms with van der Waals surface area (Å²) in [7, 11) is 0. The third kappa shape index (κ3) is 3.07. The number of rotatable bonds is 4. The zero-order valence-electron chi connectivity index (χ0n) is 13.0. The summed E-state index contributed by atoms with van der Waals surface area (Å²) < 4.78 is 23.7. The highest BCUT2D eigenvalue weighted by atomic mass is 79.9. The van der Waals surface area contributed by atoms with E-state index in [1.54, 1.807) is 0 Å². The number of hydrogen-bond acceptors (Lipinski definition) is 7. The molecule has 3 N–H and O–H groups in total. The number of anilines is 2. The summed E-state index contributed by atoms with van der Waals surface area (Å²) in [5.74, 6) is 0.0437. The van der Waals surface area contributed by atoms with Gasteiger partial charge >= 0.3 is 0 Å². The highest BCUT2D eigenvalue weighted by Gasteiger charge is 2.50. The van der Waals surface area contributed by atoms with E-state index >= 15 is 0 Å². The standard InChI is InChI=1S/C15H15BrFN5O3/c16-10-3-8(1-2-11(10)17)18-13(20-23)12-14(22-25-21-12)19-9-4-15(5-9)6-24-7-15/h1-3,9,23H,4-7H2,(H,18,20)(H,19,22). The van der Waals surface area contributed by atoms with Crippen molar-refractivity contribution in [3.8, 4) is 0 Å². The molecule has 2 fully saturated rings. The van der Waals surface area contributed by atoms with E-state index in [0.29, 0.717) is 16.9 Å². The van der Waals surface area contributed by atoms with Gasteiger partial charge in [-0.2, -0.15) is 0 Å². The predicted octanol–water partition coefficient (Wildman–Crippen LogP) is 2.81. The van der Waals surface area contributed by atoms with Gasteiger partial charge < -0.3 is 20.6 Å². The van der Waals surface area contributed by atoms with Gasteiger partial charge in [0.05, 0.1) is 17.7 Å². The summed E-state index contributed by atoms with van der Waals surface area (Å²) >= 11 is 3.11. The maximum atomic E-state index is 13.3. The summed E-state index contributed by atoms with van der Waals surface area (Å²) in [6.45, 7) is 1.61. The second-order valence-corrected chi connectivity index (χ2v) is 7.26. The second-order valence-electron chi connectivity index (χ2n) is 6.41. The van der Waals surface area contributed by atoms with Gasteiger partial charge in [-0.05, 0) is 57.3 Å². The van der Waals surface area contributed by atoms with E-state index in [1.807, 2.05) is 0 Å². The molecule has 2 aromatic rings. The topological polar surface area (TPSA) is 105 Å². The number of benzene rings is 1. The van der Waals surface area contributed by atoms with E-state index in [2.05, 4.69) is 42.0 Å². The van der Waals surface area contributed by atoms with Gasteiger partial charge in [-0.25, -0.2) is 9.02 Å². The molecule has 2 aliphatic rings. The minimum Gasteiger partial charge on any atom is -0.409 e. The molecule has 1 aromatic carbocycles. The fraction of sp³-hybridized carbons (Fsp3) is 0.400. The summed E-state index contributed by atoms with van der Waals surface area (Å²) in [5, 5.41) is 26.3. The van der Waals surface area contributed by atoms with Crippen LogP contribution in [-0.4, -0.2) is 40.6 Å². The van der Waals surface area contributed by atoms with Gasteiger partial charge in [0, 0.05) is 17.1 Å². The lowest BCUT2D eigenvalue weighted by Gasteiger charge is -2.53. The zero-order valence-corrected chi connectivity index (χ0v) is 14.6. The molecule has 1 aromatic heterocycles. The molecule has 4 rings (SSSR count). The van der Waals surface area contributed by atoms with Crippen molar-refractivity contribution in [1.82, 2.24) is 10.3 Å². The lowest BCUT2D eigenvalue weighted by Crippen LogP contribution is -2.56. The van der Waals surface area contributed by atoms with Crippen LogP contribution in [0.4, 0.5) is 15.9 Å². The third-order valence-corrected chi connectivity index (χ3v) is 5.12. The first kappa shape index (κ1) is 16.3. The molecular formula is C15H15BrFN5O3. The Kier molecular flexibility index (Phi) is 4.08. The van der Waals surface area contributed by atoms with Gasteiger partial charge in [0.2, 0.25) is 11.7 Å². The predicted molar refractivity (Wildman–Crippen MR) is 90.2 cm³/mol. The Labute approximate surface area is 150 Å². The van der Waals surface area contributed by atoms with Crippen molar-refractivity contribution in [3.63, 3.8) is 0 Å². The van der Waals surface area contributed by atoms with E-state index < -0.39 is 5.82 Å². The molecule has 25 heavy (non-hydrogen) atoms. The van der Waals surface area contributed by atoms with Crippen molar-refractivity contribution in [3.05, 3.63) is 34.2 Å². The van der Waals surface area contributed by atoms with Crippen LogP contribution in [0, 0.1) is 11.2 Å². The number of hydrogen-bond donors (Lipinski definition) is 3. The maximum absolute atomic E-state index is 13.3. The number of ether oxygens (including phenoxy) is 1. The molecule has 132 valence electrons. The summed E-state index contributed by atoms with van der Waals surface area (Å²) in [6, 6.07) is 4.57. The van der Waals surface area contributed by atoms with Crippen LogP contribution in [0.1, 0.15) is 18.5 Å². The fourth-order valence-corrected chi connectivity index (χ4v) is 3.57. The maximum Gasteiger partial charge on any atom is 0.203 e. The highest BCUT2D eigenvalue weighted by molar-refractivity contribution is 9.10. The van der Waals surface area contributed by atoms with Crippen molar-refractivity contribution >= 4 is 33.3 Å². The number of amidine groups is 1. The van der Waals surface area contributed by atoms with E-state index in [1.165, 1.54) is 18.2 Å². The molecule has 0 radical (unpaired) electrons. The highest BCUT2D eigenvalue weighted by Crippen LogP contribution is 2.47. The lowest BCUT2D eigenvalue weighted by atomic mass is 9.64. The number of nitrogens with one attached hydrogen (secondary N) is 2. The van der Waals surface area contributed by atoms with E-state index in [4.69, 9.17) is 9.37 Å². The van der Waals surface area contributed by atoms with Crippen LogP contribution in [0.25, 0.3) is 0 Å². The van der Waals surface area contributed by atoms with Crippen molar-refractivity contribution in [2.24, 2.45) is 10.6 Å². The Morgan fingerprint density at radius 1 is 1.36 bits per heavy atom. The molecule has 1 aliphatic carbocycles. The molecule has 0 amide bonds. The Balaban J connectivity index is 1.46. The number of aromatic nitrogens is 2. The smallest absolute Gasteiger partial charge is 0.203 e. The van der Waals surface area contributed by atoms with Crippen molar-refractivity contribution in [2.45, 2.75) is 18.9 Å². The Hall–Kier alpha value is -2.20. The summed E-state index contributed by atoms with van der Waals surface area (Å²) in [5.41, 5.74) is 1.07.